The van der Waals surface area contributed by atoms with Crippen molar-refractivity contribution in [1.82, 2.24) is 4.98 Å². The summed E-state index contributed by atoms with van der Waals surface area (Å²) in [5.74, 6) is 0.373. The average Bonchev–Trinajstić information content (AvgIpc) is 2.56. The number of methoxy groups -OCH3 is 2. The van der Waals surface area contributed by atoms with Crippen LogP contribution in [0, 0.1) is 0 Å². The van der Waals surface area contributed by atoms with Crippen LogP contribution in [0.25, 0.3) is 0 Å². The molecular weight excluding hydrogens is 270 g/mol. The highest BCUT2D eigenvalue weighted by Crippen LogP contribution is 2.22. The molecule has 1 aromatic heterocycles. The van der Waals surface area contributed by atoms with Crippen LogP contribution < -0.4 is 9.47 Å². The number of pyridine rings is 1. The van der Waals surface area contributed by atoms with Gasteiger partial charge in [0.25, 0.3) is 0 Å². The molecule has 0 bridgehead atoms. The lowest BCUT2D eigenvalue weighted by Gasteiger charge is -2.15. The number of carbonyl (C=O) groups excluding carboxylic acids is 1. The third-order valence-electron chi connectivity index (χ3n) is 2.99. The molecule has 0 radical (unpaired) electrons. The molecule has 2 rings (SSSR count). The number of ether oxygens (including phenoxy) is 3. The van der Waals surface area contributed by atoms with E-state index in [4.69, 9.17) is 14.2 Å². The van der Waals surface area contributed by atoms with Gasteiger partial charge in [-0.05, 0) is 24.3 Å². The standard InChI is InChI=1S/C16H17NO4/c1-19-12-6-5-7-13(10-12)21-11-14(16(18)20-2)15-8-3-4-9-17-15/h3-10,14H,11H2,1-2H3. The number of hydrogen-bond donors (Lipinski definition) is 0. The van der Waals surface area contributed by atoms with Gasteiger partial charge in [-0.3, -0.25) is 9.78 Å². The third-order valence-corrected chi connectivity index (χ3v) is 2.99. The van der Waals surface area contributed by atoms with E-state index in [1.165, 1.54) is 7.11 Å². The molecule has 0 saturated heterocycles. The molecular formula is C16H17NO4. The minimum Gasteiger partial charge on any atom is -0.497 e. The zero-order valence-corrected chi connectivity index (χ0v) is 12.0. The van der Waals surface area contributed by atoms with E-state index in [0.29, 0.717) is 17.2 Å². The maximum absolute atomic E-state index is 11.9. The van der Waals surface area contributed by atoms with Gasteiger partial charge in [-0.1, -0.05) is 12.1 Å². The summed E-state index contributed by atoms with van der Waals surface area (Å²) in [7, 11) is 2.94. The summed E-state index contributed by atoms with van der Waals surface area (Å²) in [4.78, 5) is 16.1. The first-order chi connectivity index (χ1) is 10.2. The van der Waals surface area contributed by atoms with E-state index in [0.717, 1.165) is 0 Å². The second kappa shape index (κ2) is 7.28. The molecule has 0 fully saturated rings. The quantitative estimate of drug-likeness (QED) is 0.764. The van der Waals surface area contributed by atoms with Crippen molar-refractivity contribution in [2.75, 3.05) is 20.8 Å². The van der Waals surface area contributed by atoms with E-state index in [1.807, 2.05) is 18.2 Å². The molecule has 5 nitrogen and oxygen atoms in total. The van der Waals surface area contributed by atoms with Crippen molar-refractivity contribution in [3.63, 3.8) is 0 Å². The van der Waals surface area contributed by atoms with Gasteiger partial charge in [0, 0.05) is 12.3 Å². The van der Waals surface area contributed by atoms with Crippen LogP contribution >= 0.6 is 0 Å². The Bertz CT molecular complexity index is 586. The average molecular weight is 287 g/mol. The summed E-state index contributed by atoms with van der Waals surface area (Å²) in [5, 5.41) is 0. The van der Waals surface area contributed by atoms with Crippen molar-refractivity contribution < 1.29 is 19.0 Å². The first-order valence-corrected chi connectivity index (χ1v) is 6.50. The molecule has 1 unspecified atom stereocenters. The molecule has 2 aromatic rings. The zero-order valence-electron chi connectivity index (χ0n) is 12.0. The minimum atomic E-state index is -0.567. The molecule has 0 amide bonds. The van der Waals surface area contributed by atoms with Crippen LogP contribution in [0.3, 0.4) is 0 Å². The van der Waals surface area contributed by atoms with Crippen LogP contribution in [0.1, 0.15) is 11.6 Å². The molecule has 0 aliphatic carbocycles. The van der Waals surface area contributed by atoms with E-state index in [9.17, 15) is 4.79 Å². The SMILES string of the molecule is COC(=O)C(COc1cccc(OC)c1)c1ccccn1. The van der Waals surface area contributed by atoms with Crippen LogP contribution in [0.5, 0.6) is 11.5 Å². The molecule has 0 aliphatic rings. The van der Waals surface area contributed by atoms with Crippen molar-refractivity contribution in [2.45, 2.75) is 5.92 Å². The summed E-state index contributed by atoms with van der Waals surface area (Å²) >= 11 is 0. The summed E-state index contributed by atoms with van der Waals surface area (Å²) in [6, 6.07) is 12.6. The van der Waals surface area contributed by atoms with Gasteiger partial charge in [0.15, 0.2) is 0 Å². The summed E-state index contributed by atoms with van der Waals surface area (Å²) in [6.45, 7) is 0.150. The van der Waals surface area contributed by atoms with Crippen molar-refractivity contribution in [1.29, 1.82) is 0 Å². The van der Waals surface area contributed by atoms with Crippen LogP contribution in [-0.4, -0.2) is 31.8 Å². The summed E-state index contributed by atoms with van der Waals surface area (Å²) < 4.78 is 15.6. The van der Waals surface area contributed by atoms with Crippen LogP contribution in [0.4, 0.5) is 0 Å². The number of carbonyl (C=O) groups is 1. The Morgan fingerprint density at radius 3 is 2.62 bits per heavy atom. The number of aromatic nitrogens is 1. The van der Waals surface area contributed by atoms with Crippen LogP contribution in [0.2, 0.25) is 0 Å². The molecule has 0 saturated carbocycles. The van der Waals surface area contributed by atoms with E-state index in [1.54, 1.807) is 37.6 Å². The highest BCUT2D eigenvalue weighted by Gasteiger charge is 2.23. The van der Waals surface area contributed by atoms with Gasteiger partial charge in [-0.2, -0.15) is 0 Å². The first-order valence-electron chi connectivity index (χ1n) is 6.50. The fourth-order valence-corrected chi connectivity index (χ4v) is 1.87. The second-order valence-corrected chi connectivity index (χ2v) is 4.32. The topological polar surface area (TPSA) is 57.7 Å². The molecule has 1 heterocycles. The van der Waals surface area contributed by atoms with Gasteiger partial charge < -0.3 is 14.2 Å². The highest BCUT2D eigenvalue weighted by molar-refractivity contribution is 5.77. The predicted octanol–water partition coefficient (Wildman–Crippen LogP) is 2.43. The largest absolute Gasteiger partial charge is 0.497 e. The Balaban J connectivity index is 2.11. The fourth-order valence-electron chi connectivity index (χ4n) is 1.87. The minimum absolute atomic E-state index is 0.150. The Labute approximate surface area is 123 Å². The van der Waals surface area contributed by atoms with Crippen molar-refractivity contribution in [3.05, 3.63) is 54.4 Å². The molecule has 1 aromatic carbocycles. The van der Waals surface area contributed by atoms with E-state index < -0.39 is 5.92 Å². The maximum atomic E-state index is 11.9. The number of nitrogens with zero attached hydrogens (tertiary/aromatic N) is 1. The number of benzene rings is 1. The Kier molecular flexibility index (Phi) is 5.15. The molecule has 21 heavy (non-hydrogen) atoms. The smallest absolute Gasteiger partial charge is 0.318 e. The second-order valence-electron chi connectivity index (χ2n) is 4.32. The van der Waals surface area contributed by atoms with Gasteiger partial charge in [0.1, 0.15) is 24.0 Å². The lowest BCUT2D eigenvalue weighted by atomic mass is 10.1. The highest BCUT2D eigenvalue weighted by atomic mass is 16.5. The van der Waals surface area contributed by atoms with Crippen molar-refractivity contribution in [3.8, 4) is 11.5 Å². The van der Waals surface area contributed by atoms with Gasteiger partial charge in [-0.15, -0.1) is 0 Å². The molecule has 5 heteroatoms. The van der Waals surface area contributed by atoms with Crippen molar-refractivity contribution >= 4 is 5.97 Å². The summed E-state index contributed by atoms with van der Waals surface area (Å²) in [5.41, 5.74) is 0.618. The summed E-state index contributed by atoms with van der Waals surface area (Å²) in [6.07, 6.45) is 1.64. The Morgan fingerprint density at radius 1 is 1.14 bits per heavy atom. The van der Waals surface area contributed by atoms with Crippen molar-refractivity contribution in [2.24, 2.45) is 0 Å². The monoisotopic (exact) mass is 287 g/mol. The van der Waals surface area contributed by atoms with Crippen LogP contribution in [0.15, 0.2) is 48.7 Å². The number of hydrogen-bond acceptors (Lipinski definition) is 5. The van der Waals surface area contributed by atoms with E-state index >= 15 is 0 Å². The lowest BCUT2D eigenvalue weighted by molar-refractivity contribution is -0.143. The first kappa shape index (κ1) is 14.8. The molecule has 0 spiro atoms. The van der Waals surface area contributed by atoms with E-state index in [2.05, 4.69) is 4.98 Å². The fraction of sp³-hybridized carbons (Fsp3) is 0.250. The number of rotatable bonds is 6. The molecule has 1 atom stereocenters. The maximum Gasteiger partial charge on any atom is 0.318 e. The third kappa shape index (κ3) is 3.95. The Hall–Kier alpha value is -2.56. The number of esters is 1. The lowest BCUT2D eigenvalue weighted by Crippen LogP contribution is -2.22. The van der Waals surface area contributed by atoms with Gasteiger partial charge in [0.2, 0.25) is 0 Å². The molecule has 0 N–H and O–H groups in total. The predicted molar refractivity (Wildman–Crippen MR) is 77.5 cm³/mol. The van der Waals surface area contributed by atoms with Gasteiger partial charge >= 0.3 is 5.97 Å². The molecule has 0 aliphatic heterocycles. The van der Waals surface area contributed by atoms with Crippen LogP contribution in [-0.2, 0) is 9.53 Å². The Morgan fingerprint density at radius 2 is 1.95 bits per heavy atom. The van der Waals surface area contributed by atoms with E-state index in [-0.39, 0.29) is 12.6 Å². The molecule has 110 valence electrons. The zero-order chi connectivity index (χ0) is 15.1. The van der Waals surface area contributed by atoms with Gasteiger partial charge in [0.05, 0.1) is 19.9 Å². The normalized spacial score (nSPS) is 11.5. The van der Waals surface area contributed by atoms with Gasteiger partial charge in [-0.25, -0.2) is 0 Å².